The van der Waals surface area contributed by atoms with Crippen molar-refractivity contribution in [3.63, 3.8) is 0 Å². The molecule has 92 valence electrons. The summed E-state index contributed by atoms with van der Waals surface area (Å²) in [6, 6.07) is 0.523. The zero-order valence-corrected chi connectivity index (χ0v) is 11.0. The molecule has 0 aliphatic carbocycles. The molecule has 0 saturated carbocycles. The Morgan fingerprint density at radius 1 is 1.07 bits per heavy atom. The third kappa shape index (κ3) is 6.91. The minimum absolute atomic E-state index is 0.481. The number of hydrogen-bond acceptors (Lipinski definition) is 2. The summed E-state index contributed by atoms with van der Waals surface area (Å²) in [5.74, 6) is 0. The molecule has 0 spiro atoms. The van der Waals surface area contributed by atoms with Crippen molar-refractivity contribution in [1.29, 1.82) is 0 Å². The Labute approximate surface area is 95.5 Å². The third-order valence-electron chi connectivity index (χ3n) is 2.93. The van der Waals surface area contributed by atoms with Crippen LogP contribution in [0.2, 0.25) is 0 Å². The monoisotopic (exact) mass is 215 g/mol. The van der Waals surface area contributed by atoms with Gasteiger partial charge in [-0.1, -0.05) is 40.0 Å². The summed E-state index contributed by atoms with van der Waals surface area (Å²) in [4.78, 5) is 0. The second-order valence-corrected chi connectivity index (χ2v) is 4.79. The highest BCUT2D eigenvalue weighted by Gasteiger charge is 2.24. The molecular weight excluding hydrogens is 186 g/mol. The molecule has 2 nitrogen and oxygen atoms in total. The standard InChI is InChI=1S/C13H29NO/c1-5-8-12(4)14-11-13(15,9-6-2)10-7-3/h12,14-15H,5-11H2,1-4H3. The average Bonchev–Trinajstić information content (AvgIpc) is 2.16. The van der Waals surface area contributed by atoms with Crippen LogP contribution in [0.15, 0.2) is 0 Å². The van der Waals surface area contributed by atoms with E-state index in [4.69, 9.17) is 0 Å². The maximum absolute atomic E-state index is 10.4. The molecule has 1 unspecified atom stereocenters. The van der Waals surface area contributed by atoms with Gasteiger partial charge in [-0.15, -0.1) is 0 Å². The normalized spacial score (nSPS) is 14.2. The maximum Gasteiger partial charge on any atom is 0.0771 e. The van der Waals surface area contributed by atoms with Gasteiger partial charge in [0.1, 0.15) is 0 Å². The average molecular weight is 215 g/mol. The molecule has 0 heterocycles. The van der Waals surface area contributed by atoms with Gasteiger partial charge in [0.05, 0.1) is 5.60 Å². The van der Waals surface area contributed by atoms with Gasteiger partial charge in [-0.05, 0) is 26.2 Å². The molecule has 0 aromatic heterocycles. The molecule has 1 atom stereocenters. The Kier molecular flexibility index (Phi) is 8.07. The van der Waals surface area contributed by atoms with E-state index in [0.717, 1.165) is 32.2 Å². The molecule has 15 heavy (non-hydrogen) atoms. The minimum Gasteiger partial charge on any atom is -0.389 e. The lowest BCUT2D eigenvalue weighted by molar-refractivity contribution is 0.0194. The van der Waals surface area contributed by atoms with Crippen LogP contribution in [0.1, 0.15) is 66.2 Å². The van der Waals surface area contributed by atoms with E-state index in [-0.39, 0.29) is 0 Å². The first-order chi connectivity index (χ1) is 7.08. The molecular formula is C13H29NO. The Hall–Kier alpha value is -0.0800. The van der Waals surface area contributed by atoms with Crippen molar-refractivity contribution < 1.29 is 5.11 Å². The molecule has 2 N–H and O–H groups in total. The first-order valence-corrected chi connectivity index (χ1v) is 6.53. The maximum atomic E-state index is 10.4. The van der Waals surface area contributed by atoms with E-state index in [1.807, 2.05) is 0 Å². The quantitative estimate of drug-likeness (QED) is 0.619. The van der Waals surface area contributed by atoms with E-state index in [1.165, 1.54) is 12.8 Å². The van der Waals surface area contributed by atoms with Crippen molar-refractivity contribution in [3.8, 4) is 0 Å². The van der Waals surface area contributed by atoms with E-state index >= 15 is 0 Å². The molecule has 0 aliphatic rings. The fourth-order valence-corrected chi connectivity index (χ4v) is 2.13. The van der Waals surface area contributed by atoms with E-state index < -0.39 is 5.60 Å². The van der Waals surface area contributed by atoms with Gasteiger partial charge >= 0.3 is 0 Å². The van der Waals surface area contributed by atoms with E-state index in [2.05, 4.69) is 33.0 Å². The molecule has 0 aromatic rings. The summed E-state index contributed by atoms with van der Waals surface area (Å²) in [7, 11) is 0. The second kappa shape index (κ2) is 8.12. The SMILES string of the molecule is CCCC(C)NCC(O)(CCC)CCC. The molecule has 0 aromatic carbocycles. The summed E-state index contributed by atoms with van der Waals surface area (Å²) in [5.41, 5.74) is -0.481. The summed E-state index contributed by atoms with van der Waals surface area (Å²) in [6.07, 6.45) is 6.32. The Morgan fingerprint density at radius 2 is 1.60 bits per heavy atom. The van der Waals surface area contributed by atoms with E-state index in [9.17, 15) is 5.11 Å². The predicted molar refractivity (Wildman–Crippen MR) is 67.1 cm³/mol. The fraction of sp³-hybridized carbons (Fsp3) is 1.00. The van der Waals surface area contributed by atoms with E-state index in [1.54, 1.807) is 0 Å². The molecule has 0 fully saturated rings. The first kappa shape index (κ1) is 14.9. The van der Waals surface area contributed by atoms with Gasteiger partial charge < -0.3 is 10.4 Å². The van der Waals surface area contributed by atoms with Crippen LogP contribution in [0.5, 0.6) is 0 Å². The zero-order chi connectivity index (χ0) is 11.7. The van der Waals surface area contributed by atoms with E-state index in [0.29, 0.717) is 6.04 Å². The van der Waals surface area contributed by atoms with Gasteiger partial charge in [-0.2, -0.15) is 0 Å². The summed E-state index contributed by atoms with van der Waals surface area (Å²) in [6.45, 7) is 9.41. The summed E-state index contributed by atoms with van der Waals surface area (Å²) >= 11 is 0. The van der Waals surface area contributed by atoms with Crippen LogP contribution in [0, 0.1) is 0 Å². The highest BCUT2D eigenvalue weighted by atomic mass is 16.3. The third-order valence-corrected chi connectivity index (χ3v) is 2.93. The van der Waals surface area contributed by atoms with Crippen molar-refractivity contribution in [2.24, 2.45) is 0 Å². The lowest BCUT2D eigenvalue weighted by Gasteiger charge is -2.29. The predicted octanol–water partition coefficient (Wildman–Crippen LogP) is 3.10. The lowest BCUT2D eigenvalue weighted by Crippen LogP contribution is -2.43. The second-order valence-electron chi connectivity index (χ2n) is 4.79. The van der Waals surface area contributed by atoms with Crippen LogP contribution in [0.4, 0.5) is 0 Å². The van der Waals surface area contributed by atoms with Crippen molar-refractivity contribution in [1.82, 2.24) is 5.32 Å². The first-order valence-electron chi connectivity index (χ1n) is 6.53. The zero-order valence-electron chi connectivity index (χ0n) is 11.0. The van der Waals surface area contributed by atoms with Crippen molar-refractivity contribution >= 4 is 0 Å². The fourth-order valence-electron chi connectivity index (χ4n) is 2.13. The smallest absolute Gasteiger partial charge is 0.0771 e. The van der Waals surface area contributed by atoms with Crippen LogP contribution in [-0.2, 0) is 0 Å². The van der Waals surface area contributed by atoms with Gasteiger partial charge in [0.25, 0.3) is 0 Å². The molecule has 0 aliphatic heterocycles. The lowest BCUT2D eigenvalue weighted by atomic mass is 9.92. The molecule has 0 bridgehead atoms. The van der Waals surface area contributed by atoms with Gasteiger partial charge in [-0.25, -0.2) is 0 Å². The minimum atomic E-state index is -0.481. The van der Waals surface area contributed by atoms with Crippen molar-refractivity contribution in [3.05, 3.63) is 0 Å². The van der Waals surface area contributed by atoms with Crippen molar-refractivity contribution in [2.75, 3.05) is 6.54 Å². The molecule has 0 radical (unpaired) electrons. The Balaban J connectivity index is 3.93. The Bertz CT molecular complexity index is 141. The topological polar surface area (TPSA) is 32.3 Å². The van der Waals surface area contributed by atoms with Gasteiger partial charge in [-0.3, -0.25) is 0 Å². The molecule has 0 amide bonds. The van der Waals surface area contributed by atoms with Gasteiger partial charge in [0.15, 0.2) is 0 Å². The Morgan fingerprint density at radius 3 is 2.00 bits per heavy atom. The summed E-state index contributed by atoms with van der Waals surface area (Å²) in [5, 5.41) is 13.8. The van der Waals surface area contributed by atoms with Crippen LogP contribution in [0.25, 0.3) is 0 Å². The molecule has 2 heteroatoms. The van der Waals surface area contributed by atoms with Crippen molar-refractivity contribution in [2.45, 2.75) is 77.9 Å². The van der Waals surface area contributed by atoms with Gasteiger partial charge in [0.2, 0.25) is 0 Å². The van der Waals surface area contributed by atoms with Gasteiger partial charge in [0, 0.05) is 12.6 Å². The number of nitrogens with one attached hydrogen (secondary N) is 1. The number of rotatable bonds is 9. The number of aliphatic hydroxyl groups is 1. The van der Waals surface area contributed by atoms with Crippen LogP contribution in [0.3, 0.4) is 0 Å². The summed E-state index contributed by atoms with van der Waals surface area (Å²) < 4.78 is 0. The highest BCUT2D eigenvalue weighted by Crippen LogP contribution is 2.18. The molecule has 0 rings (SSSR count). The number of hydrogen-bond donors (Lipinski definition) is 2. The molecule has 0 saturated heterocycles. The largest absolute Gasteiger partial charge is 0.389 e. The van der Waals surface area contributed by atoms with Crippen LogP contribution in [-0.4, -0.2) is 23.3 Å². The van der Waals surface area contributed by atoms with Crippen LogP contribution >= 0.6 is 0 Å². The highest BCUT2D eigenvalue weighted by molar-refractivity contribution is 4.81. The van der Waals surface area contributed by atoms with Crippen LogP contribution < -0.4 is 5.32 Å².